The molecule has 0 fully saturated rings. The second kappa shape index (κ2) is 29.6. The first-order valence-electron chi connectivity index (χ1n) is 43.8. The summed E-state index contributed by atoms with van der Waals surface area (Å²) in [6.45, 7) is -0.192. The molecule has 0 aliphatic carbocycles. The minimum Gasteiger partial charge on any atom is -0.457 e. The molecule has 28 rings (SSSR count). The number of fused-ring (bicyclic) bond motifs is 33. The molecule has 9 heterocycles. The standard InChI is InChI=1S/C42H26BNO.C39H24BN3O.C36H21BO2/c1-2-12-28(13-3-1)44-38-20-10-6-15-30(38)35-26-27(22-25-39(35)44)43-36-18-8-4-14-29(36)32-23-24-33-31-16-7-11-21-40(31)45-42(33)41(32)34-17-5-9-19-37(34)43;1-3-13-25(14-4-1)37-41-38(26-15-5-2-6-16-26)43-39(42-37)40-32-20-10-7-17-27(32)29-23-24-30-28-18-9-12-22-34(28)44-36(30)35(29)31-19-8-11-21-33(31)40;1-5-15-29-22(10-1)25-20-21-27-24-12-4-8-19-33(24)39-36(27)34(25)28-13-2-6-16-30(28)37(29)31-17-9-14-26-23-11-3-7-18-32(23)38-35(26)31/h1-26H;1-24H;1-21H. The molecule has 3 aliphatic heterocycles. The molecule has 0 N–H and O–H groups in total. The summed E-state index contributed by atoms with van der Waals surface area (Å²) in [5.41, 5.74) is 37.7. The van der Waals surface area contributed by atoms with Crippen molar-refractivity contribution in [1.82, 2.24) is 19.5 Å². The molecule has 0 saturated heterocycles. The minimum absolute atomic E-state index is 0.00603. The molecule has 0 bridgehead atoms. The van der Waals surface area contributed by atoms with E-state index in [1.54, 1.807) is 0 Å². The maximum atomic E-state index is 6.67. The van der Waals surface area contributed by atoms with E-state index in [1.165, 1.54) is 99.2 Å². The highest BCUT2D eigenvalue weighted by molar-refractivity contribution is 6.99. The van der Waals surface area contributed by atoms with E-state index in [9.17, 15) is 0 Å². The lowest BCUT2D eigenvalue weighted by atomic mass is 9.35. The summed E-state index contributed by atoms with van der Waals surface area (Å²) in [7, 11) is 0. The fraction of sp³-hybridized carbons (Fsp3) is 0. The predicted molar refractivity (Wildman–Crippen MR) is 533 cm³/mol. The van der Waals surface area contributed by atoms with Crippen LogP contribution in [0.1, 0.15) is 0 Å². The van der Waals surface area contributed by atoms with Crippen molar-refractivity contribution in [3.8, 4) is 95.2 Å². The second-order valence-electron chi connectivity index (χ2n) is 33.6. The molecule has 0 unspecified atom stereocenters. The van der Waals surface area contributed by atoms with E-state index in [2.05, 4.69) is 369 Å². The summed E-state index contributed by atoms with van der Waals surface area (Å²) in [5.74, 6) is 1.32. The predicted octanol–water partition coefficient (Wildman–Crippen LogP) is 23.8. The van der Waals surface area contributed by atoms with Crippen LogP contribution in [0.15, 0.2) is 448 Å². The van der Waals surface area contributed by atoms with Gasteiger partial charge in [-0.1, -0.05) is 402 Å². The van der Waals surface area contributed by atoms with Gasteiger partial charge in [0.2, 0.25) is 13.4 Å². The number of furan rings is 4. The van der Waals surface area contributed by atoms with Crippen LogP contribution in [-0.2, 0) is 0 Å². The van der Waals surface area contributed by atoms with Gasteiger partial charge in [0.1, 0.15) is 50.4 Å². The number of hydrogen-bond donors (Lipinski definition) is 0. The Morgan fingerprint density at radius 1 is 0.195 bits per heavy atom. The molecule has 19 aromatic carbocycles. The highest BCUT2D eigenvalue weighted by atomic mass is 16.3. The van der Waals surface area contributed by atoms with Crippen molar-refractivity contribution in [1.29, 1.82) is 0 Å². The number of aromatic nitrogens is 4. The molecule has 25 aromatic rings. The van der Waals surface area contributed by atoms with Gasteiger partial charge in [-0.25, -0.2) is 15.0 Å². The molecule has 592 valence electrons. The summed E-state index contributed by atoms with van der Waals surface area (Å²) >= 11 is 0. The van der Waals surface area contributed by atoms with Crippen molar-refractivity contribution in [2.24, 2.45) is 0 Å². The van der Waals surface area contributed by atoms with Crippen LogP contribution in [0.5, 0.6) is 0 Å². The number of para-hydroxylation sites is 7. The minimum atomic E-state index is -0.234. The maximum absolute atomic E-state index is 6.67. The van der Waals surface area contributed by atoms with Crippen molar-refractivity contribution in [3.05, 3.63) is 431 Å². The number of nitrogens with zero attached hydrogens (tertiary/aromatic N) is 4. The first-order valence-corrected chi connectivity index (χ1v) is 43.8. The van der Waals surface area contributed by atoms with Crippen molar-refractivity contribution >= 4 is 179 Å². The summed E-state index contributed by atoms with van der Waals surface area (Å²) in [4.78, 5) is 15.4. The molecule has 0 atom stereocenters. The van der Waals surface area contributed by atoms with Gasteiger partial charge in [-0.3, -0.25) is 0 Å². The van der Waals surface area contributed by atoms with Crippen LogP contribution in [0.3, 0.4) is 0 Å². The monoisotopic (exact) mass is 1630 g/mol. The van der Waals surface area contributed by atoms with Crippen LogP contribution < -0.4 is 49.4 Å². The zero-order valence-corrected chi connectivity index (χ0v) is 69.1. The summed E-state index contributed by atoms with van der Waals surface area (Å²) in [6.07, 6.45) is 0. The summed E-state index contributed by atoms with van der Waals surface area (Å²) < 4.78 is 28.9. The third kappa shape index (κ3) is 11.5. The fourth-order valence-electron chi connectivity index (χ4n) is 21.2. The highest BCUT2D eigenvalue weighted by Crippen LogP contribution is 2.48. The van der Waals surface area contributed by atoms with Gasteiger partial charge in [0, 0.05) is 87.4 Å². The van der Waals surface area contributed by atoms with Gasteiger partial charge in [0.05, 0.1) is 11.0 Å². The van der Waals surface area contributed by atoms with Crippen molar-refractivity contribution in [2.75, 3.05) is 0 Å². The second-order valence-corrected chi connectivity index (χ2v) is 33.6. The van der Waals surface area contributed by atoms with Crippen LogP contribution in [0.2, 0.25) is 0 Å². The molecule has 11 heteroatoms. The Morgan fingerprint density at radius 2 is 0.516 bits per heavy atom. The lowest BCUT2D eigenvalue weighted by Gasteiger charge is -2.18. The number of benzene rings is 19. The zero-order valence-electron chi connectivity index (χ0n) is 69.1. The average molecular weight is 1630 g/mol. The van der Waals surface area contributed by atoms with E-state index in [0.717, 1.165) is 138 Å². The van der Waals surface area contributed by atoms with Crippen LogP contribution in [-0.4, -0.2) is 39.7 Å². The Morgan fingerprint density at radius 3 is 0.977 bits per heavy atom. The SMILES string of the molecule is c1ccc(-c2nc(B3c4ccccc4-c4ccc5c(oc6ccccc65)c4-c4ccccc43)nc(-c3ccccc3)n2)cc1.c1ccc(-n2c3ccccc3c3cc(B4c5ccccc5-c5ccc6c(oc7ccccc76)c5-c5ccccc54)ccc32)cc1.c1ccc2c(c1)B(c1cccc3c1oc1ccccc13)c1ccccc1-c1c-2ccc2c1oc1ccccc12. The van der Waals surface area contributed by atoms with Crippen LogP contribution in [0, 0.1) is 0 Å². The van der Waals surface area contributed by atoms with Gasteiger partial charge in [0.15, 0.2) is 11.6 Å². The van der Waals surface area contributed by atoms with Crippen molar-refractivity contribution < 1.29 is 17.7 Å². The van der Waals surface area contributed by atoms with Crippen LogP contribution in [0.25, 0.3) is 205 Å². The quantitative estimate of drug-likeness (QED) is 0.153. The first-order chi connectivity index (χ1) is 63.5. The molecule has 0 radical (unpaired) electrons. The van der Waals surface area contributed by atoms with Gasteiger partial charge < -0.3 is 22.2 Å². The average Bonchev–Trinajstić information content (AvgIpc) is 1.58. The van der Waals surface area contributed by atoms with E-state index in [4.69, 9.17) is 32.6 Å². The molecule has 6 aromatic heterocycles. The van der Waals surface area contributed by atoms with Gasteiger partial charge in [-0.15, -0.1) is 0 Å². The maximum Gasteiger partial charge on any atom is 0.291 e. The third-order valence-electron chi connectivity index (χ3n) is 26.7. The lowest BCUT2D eigenvalue weighted by Crippen LogP contribution is -2.55. The molecule has 0 amide bonds. The van der Waals surface area contributed by atoms with E-state index < -0.39 is 0 Å². The molecule has 0 saturated carbocycles. The Labute approximate surface area is 737 Å². The van der Waals surface area contributed by atoms with Gasteiger partial charge in [-0.2, -0.15) is 0 Å². The smallest absolute Gasteiger partial charge is 0.291 e. The zero-order chi connectivity index (χ0) is 84.0. The normalized spacial score (nSPS) is 12.3. The van der Waals surface area contributed by atoms with Crippen LogP contribution in [0.4, 0.5) is 0 Å². The Bertz CT molecular complexity index is 8770. The van der Waals surface area contributed by atoms with E-state index in [0.29, 0.717) is 17.4 Å². The summed E-state index contributed by atoms with van der Waals surface area (Å²) in [6, 6.07) is 153. The largest absolute Gasteiger partial charge is 0.457 e. The van der Waals surface area contributed by atoms with Crippen molar-refractivity contribution in [3.63, 3.8) is 0 Å². The Hall–Kier alpha value is -16.6. The number of hydrogen-bond acceptors (Lipinski definition) is 7. The first kappa shape index (κ1) is 73.0. The highest BCUT2D eigenvalue weighted by Gasteiger charge is 2.39. The molecule has 0 spiro atoms. The molecular formula is C117H71B3N4O4. The number of rotatable bonds is 6. The fourth-order valence-corrected chi connectivity index (χ4v) is 21.2. The molecule has 8 nitrogen and oxygen atoms in total. The molecular weight excluding hydrogens is 1560 g/mol. The van der Waals surface area contributed by atoms with E-state index >= 15 is 0 Å². The Kier molecular flexibility index (Phi) is 16.8. The topological polar surface area (TPSA) is 96.2 Å². The molecule has 3 aliphatic rings. The van der Waals surface area contributed by atoms with Crippen LogP contribution >= 0.6 is 0 Å². The van der Waals surface area contributed by atoms with E-state index in [1.807, 2.05) is 66.7 Å². The lowest BCUT2D eigenvalue weighted by molar-refractivity contribution is 0.670. The van der Waals surface area contributed by atoms with E-state index in [-0.39, 0.29) is 20.1 Å². The Balaban J connectivity index is 0.000000102. The molecule has 128 heavy (non-hydrogen) atoms. The van der Waals surface area contributed by atoms with Crippen molar-refractivity contribution in [2.45, 2.75) is 0 Å². The summed E-state index contributed by atoms with van der Waals surface area (Å²) in [5, 5.41) is 11.7. The van der Waals surface area contributed by atoms with Gasteiger partial charge >= 0.3 is 0 Å². The van der Waals surface area contributed by atoms with Gasteiger partial charge in [0.25, 0.3) is 6.71 Å². The third-order valence-corrected chi connectivity index (χ3v) is 26.7. The van der Waals surface area contributed by atoms with Gasteiger partial charge in [-0.05, 0) is 122 Å².